The predicted octanol–water partition coefficient (Wildman–Crippen LogP) is 3.79. The van der Waals surface area contributed by atoms with E-state index in [1.165, 1.54) is 38.5 Å². The third-order valence-electron chi connectivity index (χ3n) is 7.32. The van der Waals surface area contributed by atoms with Crippen LogP contribution in [0.5, 0.6) is 5.75 Å². The number of hydrogen-bond acceptors (Lipinski definition) is 6. The molecule has 1 aliphatic heterocycles. The second kappa shape index (κ2) is 9.25. The van der Waals surface area contributed by atoms with Gasteiger partial charge in [-0.05, 0) is 83.8 Å². The summed E-state index contributed by atoms with van der Waals surface area (Å²) in [5, 5.41) is 25.5. The summed E-state index contributed by atoms with van der Waals surface area (Å²) in [5.74, 6) is 0.995. The lowest BCUT2D eigenvalue weighted by Crippen LogP contribution is -2.42. The normalized spacial score (nSPS) is 20.5. The molecule has 6 heteroatoms. The summed E-state index contributed by atoms with van der Waals surface area (Å²) in [5.41, 5.74) is 2.72. The molecule has 2 fully saturated rings. The zero-order valence-electron chi connectivity index (χ0n) is 18.6. The van der Waals surface area contributed by atoms with Gasteiger partial charge in [0.2, 0.25) is 0 Å². The summed E-state index contributed by atoms with van der Waals surface area (Å²) in [4.78, 5) is 4.61. The Bertz CT molecular complexity index is 834. The number of hydrogen-bond donors (Lipinski definition) is 2. The van der Waals surface area contributed by atoms with Gasteiger partial charge in [-0.1, -0.05) is 18.0 Å². The first-order valence-electron chi connectivity index (χ1n) is 11.6. The first-order chi connectivity index (χ1) is 14.5. The van der Waals surface area contributed by atoms with E-state index in [1.54, 1.807) is 6.07 Å². The molecule has 2 N–H and O–H groups in total. The van der Waals surface area contributed by atoms with E-state index >= 15 is 0 Å². The predicted molar refractivity (Wildman–Crippen MR) is 119 cm³/mol. The van der Waals surface area contributed by atoms with Gasteiger partial charge < -0.3 is 24.5 Å². The van der Waals surface area contributed by atoms with Gasteiger partial charge in [-0.2, -0.15) is 0 Å². The second-order valence-electron chi connectivity index (χ2n) is 9.93. The Labute approximate surface area is 179 Å². The van der Waals surface area contributed by atoms with Crippen LogP contribution in [0, 0.1) is 11.3 Å². The lowest BCUT2D eigenvalue weighted by molar-refractivity contribution is 0.0602. The van der Waals surface area contributed by atoms with Crippen molar-refractivity contribution in [1.29, 1.82) is 0 Å². The molecule has 1 saturated heterocycles. The highest BCUT2D eigenvalue weighted by molar-refractivity contribution is 5.84. The molecule has 2 heterocycles. The molecule has 30 heavy (non-hydrogen) atoms. The standard InChI is InChI=1S/C24H37N3O3/c1-26(2)15-20-22(29)8-6-19-21(25-30-23(19)20)7-5-18-9-13-27(14-10-18)16-24(17-28)11-3-4-12-24/h6,8,18,28-29H,3-5,7,9-17H2,1-2H3. The quantitative estimate of drug-likeness (QED) is 0.683. The van der Waals surface area contributed by atoms with Crippen LogP contribution in [0.1, 0.15) is 56.2 Å². The number of aliphatic hydroxyl groups excluding tert-OH is 1. The highest BCUT2D eigenvalue weighted by atomic mass is 16.5. The molecule has 2 aromatic rings. The number of phenols is 1. The van der Waals surface area contributed by atoms with E-state index in [0.29, 0.717) is 13.2 Å². The maximum Gasteiger partial charge on any atom is 0.175 e. The summed E-state index contributed by atoms with van der Waals surface area (Å²) in [6.45, 7) is 4.34. The molecule has 4 rings (SSSR count). The van der Waals surface area contributed by atoms with Gasteiger partial charge in [0, 0.05) is 30.5 Å². The molecule has 1 aromatic carbocycles. The molecular formula is C24H37N3O3. The van der Waals surface area contributed by atoms with Gasteiger partial charge in [-0.15, -0.1) is 0 Å². The van der Waals surface area contributed by atoms with Crippen molar-refractivity contribution < 1.29 is 14.7 Å². The van der Waals surface area contributed by atoms with Crippen LogP contribution in [0.15, 0.2) is 16.7 Å². The number of piperidine rings is 1. The Hall–Kier alpha value is -1.63. The Morgan fingerprint density at radius 1 is 1.20 bits per heavy atom. The van der Waals surface area contributed by atoms with Gasteiger partial charge in [0.15, 0.2) is 5.58 Å². The van der Waals surface area contributed by atoms with Gasteiger partial charge in [0.25, 0.3) is 0 Å². The number of aliphatic hydroxyl groups is 1. The van der Waals surface area contributed by atoms with E-state index in [4.69, 9.17) is 4.52 Å². The van der Waals surface area contributed by atoms with E-state index in [1.807, 2.05) is 25.1 Å². The number of aromatic nitrogens is 1. The van der Waals surface area contributed by atoms with Crippen LogP contribution in [0.4, 0.5) is 0 Å². The van der Waals surface area contributed by atoms with Crippen LogP contribution in [-0.2, 0) is 13.0 Å². The minimum Gasteiger partial charge on any atom is -0.507 e. The molecule has 0 atom stereocenters. The van der Waals surface area contributed by atoms with Crippen molar-refractivity contribution in [2.24, 2.45) is 11.3 Å². The number of benzene rings is 1. The van der Waals surface area contributed by atoms with Crippen molar-refractivity contribution in [3.8, 4) is 5.75 Å². The highest BCUT2D eigenvalue weighted by Crippen LogP contribution is 2.39. The van der Waals surface area contributed by atoms with Gasteiger partial charge in [0.1, 0.15) is 5.75 Å². The second-order valence-corrected chi connectivity index (χ2v) is 9.93. The number of likely N-dealkylation sites (tertiary alicyclic amines) is 1. The van der Waals surface area contributed by atoms with Gasteiger partial charge in [-0.3, -0.25) is 0 Å². The molecular weight excluding hydrogens is 378 g/mol. The van der Waals surface area contributed by atoms with Crippen molar-refractivity contribution in [3.05, 3.63) is 23.4 Å². The van der Waals surface area contributed by atoms with E-state index in [-0.39, 0.29) is 11.2 Å². The Balaban J connectivity index is 1.32. The first-order valence-corrected chi connectivity index (χ1v) is 11.6. The lowest BCUT2D eigenvalue weighted by atomic mass is 9.84. The largest absolute Gasteiger partial charge is 0.507 e. The topological polar surface area (TPSA) is 73.0 Å². The van der Waals surface area contributed by atoms with Crippen LogP contribution >= 0.6 is 0 Å². The molecule has 0 spiro atoms. The number of rotatable bonds is 8. The Kier molecular flexibility index (Phi) is 6.66. The number of phenolic OH excluding ortho intramolecular Hbond substituents is 1. The first kappa shape index (κ1) is 21.6. The third kappa shape index (κ3) is 4.66. The monoisotopic (exact) mass is 415 g/mol. The Morgan fingerprint density at radius 3 is 2.60 bits per heavy atom. The van der Waals surface area contributed by atoms with Crippen molar-refractivity contribution >= 4 is 11.0 Å². The highest BCUT2D eigenvalue weighted by Gasteiger charge is 2.35. The zero-order valence-corrected chi connectivity index (χ0v) is 18.6. The summed E-state index contributed by atoms with van der Waals surface area (Å²) in [7, 11) is 3.97. The van der Waals surface area contributed by atoms with Gasteiger partial charge in [0.05, 0.1) is 11.3 Å². The molecule has 6 nitrogen and oxygen atoms in total. The van der Waals surface area contributed by atoms with Crippen molar-refractivity contribution in [3.63, 3.8) is 0 Å². The average molecular weight is 416 g/mol. The summed E-state index contributed by atoms with van der Waals surface area (Å²) in [6, 6.07) is 3.70. The van der Waals surface area contributed by atoms with Crippen molar-refractivity contribution in [2.75, 3.05) is 40.3 Å². The van der Waals surface area contributed by atoms with Crippen LogP contribution in [0.25, 0.3) is 11.0 Å². The molecule has 1 aliphatic carbocycles. The van der Waals surface area contributed by atoms with Crippen LogP contribution < -0.4 is 0 Å². The third-order valence-corrected chi connectivity index (χ3v) is 7.32. The molecule has 1 saturated carbocycles. The fourth-order valence-corrected chi connectivity index (χ4v) is 5.49. The number of aromatic hydroxyl groups is 1. The van der Waals surface area contributed by atoms with Gasteiger partial charge in [-0.25, -0.2) is 0 Å². The van der Waals surface area contributed by atoms with Crippen LogP contribution in [-0.4, -0.2) is 65.5 Å². The minimum absolute atomic E-state index is 0.169. The molecule has 2 aliphatic rings. The SMILES string of the molecule is CN(C)Cc1c(O)ccc2c(CCC3CCN(CC4(CO)CCCC4)CC3)noc12. The van der Waals surface area contributed by atoms with Crippen LogP contribution in [0.3, 0.4) is 0 Å². The maximum absolute atomic E-state index is 10.2. The molecule has 166 valence electrons. The van der Waals surface area contributed by atoms with E-state index in [2.05, 4.69) is 10.1 Å². The molecule has 0 radical (unpaired) electrons. The van der Waals surface area contributed by atoms with E-state index in [9.17, 15) is 10.2 Å². The molecule has 0 bridgehead atoms. The van der Waals surface area contributed by atoms with E-state index < -0.39 is 0 Å². The fraction of sp³-hybridized carbons (Fsp3) is 0.708. The molecule has 0 unspecified atom stereocenters. The Morgan fingerprint density at radius 2 is 1.93 bits per heavy atom. The average Bonchev–Trinajstić information content (AvgIpc) is 3.37. The van der Waals surface area contributed by atoms with Crippen molar-refractivity contribution in [1.82, 2.24) is 15.0 Å². The van der Waals surface area contributed by atoms with Crippen molar-refractivity contribution in [2.45, 2.75) is 57.9 Å². The molecule has 1 aromatic heterocycles. The molecule has 0 amide bonds. The minimum atomic E-state index is 0.169. The summed E-state index contributed by atoms with van der Waals surface area (Å²) in [6.07, 6.45) is 9.43. The zero-order chi connectivity index (χ0) is 21.1. The van der Waals surface area contributed by atoms with E-state index in [0.717, 1.165) is 60.6 Å². The number of fused-ring (bicyclic) bond motifs is 1. The summed E-state index contributed by atoms with van der Waals surface area (Å²) >= 11 is 0. The summed E-state index contributed by atoms with van der Waals surface area (Å²) < 4.78 is 5.65. The van der Waals surface area contributed by atoms with Crippen LogP contribution in [0.2, 0.25) is 0 Å². The smallest absolute Gasteiger partial charge is 0.175 e. The number of nitrogens with zero attached hydrogens (tertiary/aromatic N) is 3. The lowest BCUT2D eigenvalue weighted by Gasteiger charge is -2.38. The van der Waals surface area contributed by atoms with Gasteiger partial charge >= 0.3 is 0 Å². The maximum atomic E-state index is 10.2. The fourth-order valence-electron chi connectivity index (χ4n) is 5.49. The number of aryl methyl sites for hydroxylation is 1.